The van der Waals surface area contributed by atoms with Gasteiger partial charge in [-0.15, -0.1) is 0 Å². The number of esters is 1. The Balaban J connectivity index is 1.70. The van der Waals surface area contributed by atoms with E-state index in [4.69, 9.17) is 32.7 Å². The third kappa shape index (κ3) is 4.75. The molecule has 7 heteroatoms. The molecular formula is C19H10BrCl2FO3. The average Bonchev–Trinajstić information content (AvgIpc) is 2.58. The Bertz CT molecular complexity index is 941. The largest absolute Gasteiger partial charge is 0.454 e. The van der Waals surface area contributed by atoms with Crippen molar-refractivity contribution in [3.05, 3.63) is 86.6 Å². The smallest absolute Gasteiger partial charge is 0.343 e. The zero-order valence-corrected chi connectivity index (χ0v) is 16.1. The molecule has 0 aromatic heterocycles. The fourth-order valence-electron chi connectivity index (χ4n) is 2.10. The van der Waals surface area contributed by atoms with Crippen LogP contribution in [0.5, 0.6) is 17.2 Å². The van der Waals surface area contributed by atoms with Crippen LogP contribution in [0.2, 0.25) is 10.0 Å². The van der Waals surface area contributed by atoms with Gasteiger partial charge in [0.05, 0.1) is 5.56 Å². The molecule has 0 unspecified atom stereocenters. The third-order valence-corrected chi connectivity index (χ3v) is 4.18. The van der Waals surface area contributed by atoms with Crippen LogP contribution in [0.25, 0.3) is 0 Å². The molecule has 3 nitrogen and oxygen atoms in total. The molecule has 0 spiro atoms. The molecule has 26 heavy (non-hydrogen) atoms. The van der Waals surface area contributed by atoms with Crippen molar-refractivity contribution in [3.63, 3.8) is 0 Å². The lowest BCUT2D eigenvalue weighted by molar-refractivity contribution is 0.0734. The van der Waals surface area contributed by atoms with Crippen LogP contribution in [0, 0.1) is 5.82 Å². The molecule has 0 N–H and O–H groups in total. The van der Waals surface area contributed by atoms with Gasteiger partial charge in [-0.2, -0.15) is 0 Å². The lowest BCUT2D eigenvalue weighted by atomic mass is 10.2. The number of halogens is 4. The summed E-state index contributed by atoms with van der Waals surface area (Å²) in [6, 6.07) is 15.1. The summed E-state index contributed by atoms with van der Waals surface area (Å²) in [7, 11) is 0. The molecule has 3 aromatic rings. The van der Waals surface area contributed by atoms with Crippen molar-refractivity contribution in [3.8, 4) is 17.2 Å². The highest BCUT2D eigenvalue weighted by molar-refractivity contribution is 9.10. The van der Waals surface area contributed by atoms with Gasteiger partial charge in [0.15, 0.2) is 11.6 Å². The Morgan fingerprint density at radius 2 is 1.50 bits per heavy atom. The second kappa shape index (κ2) is 8.08. The lowest BCUT2D eigenvalue weighted by Gasteiger charge is -2.09. The SMILES string of the molecule is O=C(Oc1ccc(Oc2ccc(Br)cc2F)cc1)c1cc(Cl)cc(Cl)c1. The van der Waals surface area contributed by atoms with Gasteiger partial charge in [-0.05, 0) is 60.7 Å². The van der Waals surface area contributed by atoms with Gasteiger partial charge in [-0.3, -0.25) is 0 Å². The third-order valence-electron chi connectivity index (χ3n) is 3.25. The first-order chi connectivity index (χ1) is 12.4. The van der Waals surface area contributed by atoms with E-state index in [1.54, 1.807) is 18.2 Å². The number of hydrogen-bond acceptors (Lipinski definition) is 3. The first kappa shape index (κ1) is 18.7. The molecule has 0 bridgehead atoms. The maximum Gasteiger partial charge on any atom is 0.343 e. The predicted octanol–water partition coefficient (Wildman–Crippen LogP) is 6.91. The lowest BCUT2D eigenvalue weighted by Crippen LogP contribution is -2.08. The molecule has 0 heterocycles. The van der Waals surface area contributed by atoms with Crippen LogP contribution in [-0.2, 0) is 0 Å². The van der Waals surface area contributed by atoms with Crippen molar-refractivity contribution in [1.29, 1.82) is 0 Å². The Morgan fingerprint density at radius 3 is 2.12 bits per heavy atom. The number of carbonyl (C=O) groups excluding carboxylic acids is 1. The Morgan fingerprint density at radius 1 is 0.885 bits per heavy atom. The highest BCUT2D eigenvalue weighted by Crippen LogP contribution is 2.28. The molecule has 0 saturated heterocycles. The predicted molar refractivity (Wildman–Crippen MR) is 102 cm³/mol. The minimum atomic E-state index is -0.595. The summed E-state index contributed by atoms with van der Waals surface area (Å²) in [5.41, 5.74) is 0.236. The number of benzene rings is 3. The molecule has 0 aliphatic rings. The van der Waals surface area contributed by atoms with Crippen LogP contribution in [0.3, 0.4) is 0 Å². The fourth-order valence-corrected chi connectivity index (χ4v) is 2.96. The summed E-state index contributed by atoms with van der Waals surface area (Å²) in [5.74, 6) is -0.298. The van der Waals surface area contributed by atoms with E-state index in [-0.39, 0.29) is 11.3 Å². The highest BCUT2D eigenvalue weighted by Gasteiger charge is 2.11. The molecule has 0 atom stereocenters. The van der Waals surface area contributed by atoms with Crippen molar-refractivity contribution in [1.82, 2.24) is 0 Å². The molecule has 0 aliphatic heterocycles. The van der Waals surface area contributed by atoms with Crippen LogP contribution in [0.1, 0.15) is 10.4 Å². The molecule has 3 rings (SSSR count). The van der Waals surface area contributed by atoms with Crippen LogP contribution in [-0.4, -0.2) is 5.97 Å². The summed E-state index contributed by atoms with van der Waals surface area (Å²) < 4.78 is 25.1. The minimum Gasteiger partial charge on any atom is -0.454 e. The van der Waals surface area contributed by atoms with E-state index in [9.17, 15) is 9.18 Å². The Labute approximate surface area is 167 Å². The van der Waals surface area contributed by atoms with Crippen molar-refractivity contribution < 1.29 is 18.7 Å². The second-order valence-electron chi connectivity index (χ2n) is 5.20. The van der Waals surface area contributed by atoms with E-state index in [0.717, 1.165) is 0 Å². The average molecular weight is 456 g/mol. The standard InChI is InChI=1S/C19H10BrCl2FO3/c20-12-1-6-18(17(23)9-12)25-15-2-4-16(5-3-15)26-19(24)11-7-13(21)10-14(22)8-11/h1-10H. The van der Waals surface area contributed by atoms with Gasteiger partial charge in [-0.1, -0.05) is 39.1 Å². The maximum absolute atomic E-state index is 13.8. The van der Waals surface area contributed by atoms with Crippen LogP contribution < -0.4 is 9.47 Å². The van der Waals surface area contributed by atoms with Crippen LogP contribution in [0.4, 0.5) is 4.39 Å². The van der Waals surface area contributed by atoms with Gasteiger partial charge < -0.3 is 9.47 Å². The van der Waals surface area contributed by atoms with Gasteiger partial charge in [0.25, 0.3) is 0 Å². The van der Waals surface area contributed by atoms with Crippen molar-refractivity contribution in [2.75, 3.05) is 0 Å². The van der Waals surface area contributed by atoms with Gasteiger partial charge in [0.2, 0.25) is 0 Å². The fraction of sp³-hybridized carbons (Fsp3) is 0. The summed E-state index contributed by atoms with van der Waals surface area (Å²) >= 11 is 14.9. The van der Waals surface area contributed by atoms with Gasteiger partial charge >= 0.3 is 5.97 Å². The van der Waals surface area contributed by atoms with Crippen LogP contribution >= 0.6 is 39.1 Å². The number of ether oxygens (including phenoxy) is 2. The zero-order chi connectivity index (χ0) is 18.7. The van der Waals surface area contributed by atoms with Crippen molar-refractivity contribution in [2.24, 2.45) is 0 Å². The van der Waals surface area contributed by atoms with E-state index in [1.807, 2.05) is 0 Å². The monoisotopic (exact) mass is 454 g/mol. The molecule has 0 radical (unpaired) electrons. The van der Waals surface area contributed by atoms with E-state index < -0.39 is 11.8 Å². The normalized spacial score (nSPS) is 10.5. The van der Waals surface area contributed by atoms with Gasteiger partial charge in [-0.25, -0.2) is 9.18 Å². The van der Waals surface area contributed by atoms with Gasteiger partial charge in [0, 0.05) is 14.5 Å². The van der Waals surface area contributed by atoms with E-state index in [2.05, 4.69) is 15.9 Å². The summed E-state index contributed by atoms with van der Waals surface area (Å²) in [6.45, 7) is 0. The van der Waals surface area contributed by atoms with Crippen LogP contribution in [0.15, 0.2) is 65.1 Å². The van der Waals surface area contributed by atoms with E-state index in [0.29, 0.717) is 26.0 Å². The molecule has 0 amide bonds. The Hall–Kier alpha value is -2.08. The number of carbonyl (C=O) groups is 1. The highest BCUT2D eigenvalue weighted by atomic mass is 79.9. The summed E-state index contributed by atoms with van der Waals surface area (Å²) in [5, 5.41) is 0.675. The molecule has 0 aliphatic carbocycles. The zero-order valence-electron chi connectivity index (χ0n) is 13.0. The molecule has 0 saturated carbocycles. The summed E-state index contributed by atoms with van der Waals surface area (Å²) in [6.07, 6.45) is 0. The van der Waals surface area contributed by atoms with E-state index in [1.165, 1.54) is 42.5 Å². The second-order valence-corrected chi connectivity index (χ2v) is 6.98. The number of hydrogen-bond donors (Lipinski definition) is 0. The molecule has 3 aromatic carbocycles. The quantitative estimate of drug-likeness (QED) is 0.316. The molecule has 132 valence electrons. The van der Waals surface area contributed by atoms with Crippen molar-refractivity contribution in [2.45, 2.75) is 0 Å². The van der Waals surface area contributed by atoms with Gasteiger partial charge in [0.1, 0.15) is 11.5 Å². The van der Waals surface area contributed by atoms with Crippen molar-refractivity contribution >= 4 is 45.1 Å². The maximum atomic E-state index is 13.8. The van der Waals surface area contributed by atoms with E-state index >= 15 is 0 Å². The molecule has 0 fully saturated rings. The number of rotatable bonds is 4. The molecular weight excluding hydrogens is 446 g/mol. The first-order valence-corrected chi connectivity index (χ1v) is 8.87. The first-order valence-electron chi connectivity index (χ1n) is 7.32. The summed E-state index contributed by atoms with van der Waals surface area (Å²) in [4.78, 5) is 12.1. The minimum absolute atomic E-state index is 0.0894. The Kier molecular flexibility index (Phi) is 5.81. The topological polar surface area (TPSA) is 35.5 Å².